The average molecular weight is 284 g/mol. The van der Waals surface area contributed by atoms with Gasteiger partial charge in [-0.15, -0.1) is 0 Å². The van der Waals surface area contributed by atoms with E-state index >= 15 is 0 Å². The van der Waals surface area contributed by atoms with Crippen LogP contribution in [0.1, 0.15) is 5.56 Å². The normalized spacial score (nSPS) is 10.8. The molecule has 5 heteroatoms. The van der Waals surface area contributed by atoms with Crippen molar-refractivity contribution >= 4 is 11.0 Å². The smallest absolute Gasteiger partial charge is 0.269 e. The number of fused-ring (bicyclic) bond motifs is 1. The van der Waals surface area contributed by atoms with Gasteiger partial charge in [0.15, 0.2) is 0 Å². The maximum absolute atomic E-state index is 13.4. The summed E-state index contributed by atoms with van der Waals surface area (Å²) in [5.41, 5.74) is 1.79. The second-order valence-corrected chi connectivity index (χ2v) is 4.63. The fourth-order valence-electron chi connectivity index (χ4n) is 2.32. The Morgan fingerprint density at radius 3 is 2.86 bits per heavy atom. The van der Waals surface area contributed by atoms with Crippen LogP contribution in [0.15, 0.2) is 53.5 Å². The number of methoxy groups -OCH3 is 1. The molecular formula is C16H13FN2O2. The fourth-order valence-corrected chi connectivity index (χ4v) is 2.32. The minimum absolute atomic E-state index is 0.225. The van der Waals surface area contributed by atoms with E-state index in [4.69, 9.17) is 4.74 Å². The molecule has 1 aromatic heterocycles. The first-order chi connectivity index (χ1) is 10.2. The zero-order valence-corrected chi connectivity index (χ0v) is 11.4. The lowest BCUT2D eigenvalue weighted by molar-refractivity contribution is 0.407. The van der Waals surface area contributed by atoms with E-state index in [-0.39, 0.29) is 17.9 Å². The van der Waals surface area contributed by atoms with E-state index < -0.39 is 0 Å². The molecule has 0 aliphatic carbocycles. The summed E-state index contributed by atoms with van der Waals surface area (Å²) in [4.78, 5) is 16.2. The van der Waals surface area contributed by atoms with Crippen molar-refractivity contribution in [2.75, 3.05) is 7.11 Å². The molecule has 3 aromatic rings. The van der Waals surface area contributed by atoms with Crippen molar-refractivity contribution in [3.63, 3.8) is 0 Å². The quantitative estimate of drug-likeness (QED) is 0.742. The summed E-state index contributed by atoms with van der Waals surface area (Å²) in [6.45, 7) is 0.225. The van der Waals surface area contributed by atoms with Crippen molar-refractivity contribution in [2.45, 2.75) is 6.54 Å². The standard InChI is InChI=1S/C16H13FN2O2/c1-21-15-7-6-12(17)8-11(15)10-19-14-5-3-2-4-13(14)18-9-16(19)20/h2-9H,10H2,1H3. The molecule has 0 fully saturated rings. The molecule has 0 unspecified atom stereocenters. The van der Waals surface area contributed by atoms with Gasteiger partial charge >= 0.3 is 0 Å². The van der Waals surface area contributed by atoms with E-state index in [1.165, 1.54) is 25.4 Å². The summed E-state index contributed by atoms with van der Waals surface area (Å²) in [6.07, 6.45) is 1.27. The number of aromatic nitrogens is 2. The Morgan fingerprint density at radius 2 is 2.05 bits per heavy atom. The van der Waals surface area contributed by atoms with Gasteiger partial charge in [0.25, 0.3) is 5.56 Å². The summed E-state index contributed by atoms with van der Waals surface area (Å²) < 4.78 is 20.2. The van der Waals surface area contributed by atoms with Crippen LogP contribution in [0.3, 0.4) is 0 Å². The first-order valence-corrected chi connectivity index (χ1v) is 6.46. The maximum Gasteiger partial charge on any atom is 0.269 e. The van der Waals surface area contributed by atoms with Crippen molar-refractivity contribution in [3.8, 4) is 5.75 Å². The monoisotopic (exact) mass is 284 g/mol. The zero-order chi connectivity index (χ0) is 14.8. The van der Waals surface area contributed by atoms with Gasteiger partial charge in [-0.1, -0.05) is 12.1 Å². The lowest BCUT2D eigenvalue weighted by Gasteiger charge is -2.12. The highest BCUT2D eigenvalue weighted by atomic mass is 19.1. The first kappa shape index (κ1) is 13.3. The van der Waals surface area contributed by atoms with Gasteiger partial charge in [-0.3, -0.25) is 4.79 Å². The highest BCUT2D eigenvalue weighted by molar-refractivity contribution is 5.74. The molecule has 0 aliphatic heterocycles. The molecule has 0 saturated carbocycles. The summed E-state index contributed by atoms with van der Waals surface area (Å²) in [6, 6.07) is 11.6. The molecule has 1 heterocycles. The molecule has 0 radical (unpaired) electrons. The molecule has 106 valence electrons. The summed E-state index contributed by atoms with van der Waals surface area (Å²) in [5, 5.41) is 0. The molecule has 0 N–H and O–H groups in total. The van der Waals surface area contributed by atoms with Crippen LogP contribution < -0.4 is 10.3 Å². The largest absolute Gasteiger partial charge is 0.496 e. The van der Waals surface area contributed by atoms with Gasteiger partial charge in [-0.05, 0) is 30.3 Å². The second-order valence-electron chi connectivity index (χ2n) is 4.63. The number of hydrogen-bond acceptors (Lipinski definition) is 3. The molecule has 4 nitrogen and oxygen atoms in total. The third kappa shape index (κ3) is 2.50. The molecular weight excluding hydrogens is 271 g/mol. The lowest BCUT2D eigenvalue weighted by Crippen LogP contribution is -2.21. The lowest BCUT2D eigenvalue weighted by atomic mass is 10.2. The highest BCUT2D eigenvalue weighted by Gasteiger charge is 2.09. The van der Waals surface area contributed by atoms with Crippen LogP contribution in [0.25, 0.3) is 11.0 Å². The van der Waals surface area contributed by atoms with Crippen LogP contribution in [0, 0.1) is 5.82 Å². The summed E-state index contributed by atoms with van der Waals surface area (Å²) in [5.74, 6) is 0.182. The molecule has 0 amide bonds. The van der Waals surface area contributed by atoms with Crippen LogP contribution in [0.4, 0.5) is 4.39 Å². The Morgan fingerprint density at radius 1 is 1.24 bits per heavy atom. The Bertz CT molecular complexity index is 858. The van der Waals surface area contributed by atoms with E-state index in [2.05, 4.69) is 4.98 Å². The number of ether oxygens (including phenoxy) is 1. The first-order valence-electron chi connectivity index (χ1n) is 6.46. The SMILES string of the molecule is COc1ccc(F)cc1Cn1c(=O)cnc2ccccc21. The van der Waals surface area contributed by atoms with Gasteiger partial charge in [0.05, 0.1) is 30.9 Å². The van der Waals surface area contributed by atoms with Gasteiger partial charge in [0.2, 0.25) is 0 Å². The molecule has 21 heavy (non-hydrogen) atoms. The fraction of sp³-hybridized carbons (Fsp3) is 0.125. The number of halogens is 1. The Hall–Kier alpha value is -2.69. The molecule has 3 rings (SSSR count). The molecule has 0 aliphatic rings. The van der Waals surface area contributed by atoms with Crippen molar-refractivity contribution < 1.29 is 9.13 Å². The number of nitrogens with zero attached hydrogens (tertiary/aromatic N) is 2. The minimum atomic E-state index is -0.364. The van der Waals surface area contributed by atoms with Crippen LogP contribution in [0.2, 0.25) is 0 Å². The predicted molar refractivity (Wildman–Crippen MR) is 78.1 cm³/mol. The van der Waals surface area contributed by atoms with Gasteiger partial charge in [-0.2, -0.15) is 0 Å². The highest BCUT2D eigenvalue weighted by Crippen LogP contribution is 2.21. The van der Waals surface area contributed by atoms with Gasteiger partial charge in [-0.25, -0.2) is 9.37 Å². The topological polar surface area (TPSA) is 44.1 Å². The Kier molecular flexibility index (Phi) is 3.39. The van der Waals surface area contributed by atoms with Crippen LogP contribution in [-0.2, 0) is 6.54 Å². The second kappa shape index (κ2) is 5.36. The number of rotatable bonds is 3. The molecule has 0 saturated heterocycles. The maximum atomic E-state index is 13.4. The van der Waals surface area contributed by atoms with Crippen molar-refractivity contribution in [2.24, 2.45) is 0 Å². The van der Waals surface area contributed by atoms with Gasteiger partial charge < -0.3 is 9.30 Å². The summed E-state index contributed by atoms with van der Waals surface area (Å²) >= 11 is 0. The van der Waals surface area contributed by atoms with E-state index in [1.54, 1.807) is 10.6 Å². The number of hydrogen-bond donors (Lipinski definition) is 0. The van der Waals surface area contributed by atoms with Gasteiger partial charge in [0.1, 0.15) is 11.6 Å². The molecule has 0 spiro atoms. The van der Waals surface area contributed by atoms with Crippen molar-refractivity contribution in [1.82, 2.24) is 9.55 Å². The average Bonchev–Trinajstić information content (AvgIpc) is 2.50. The third-order valence-corrected chi connectivity index (χ3v) is 3.32. The van der Waals surface area contributed by atoms with E-state index in [1.807, 2.05) is 24.3 Å². The van der Waals surface area contributed by atoms with E-state index in [0.29, 0.717) is 22.3 Å². The molecule has 2 aromatic carbocycles. The predicted octanol–water partition coefficient (Wildman–Crippen LogP) is 2.59. The van der Waals surface area contributed by atoms with E-state index in [0.717, 1.165) is 0 Å². The van der Waals surface area contributed by atoms with Gasteiger partial charge in [0, 0.05) is 5.56 Å². The van der Waals surface area contributed by atoms with Crippen LogP contribution >= 0.6 is 0 Å². The Labute approximate surface area is 120 Å². The van der Waals surface area contributed by atoms with Crippen molar-refractivity contribution in [1.29, 1.82) is 0 Å². The zero-order valence-electron chi connectivity index (χ0n) is 11.4. The van der Waals surface area contributed by atoms with Crippen molar-refractivity contribution in [3.05, 3.63) is 70.4 Å². The van der Waals surface area contributed by atoms with Crippen LogP contribution in [-0.4, -0.2) is 16.7 Å². The third-order valence-electron chi connectivity index (χ3n) is 3.32. The van der Waals surface area contributed by atoms with E-state index in [9.17, 15) is 9.18 Å². The molecule has 0 atom stereocenters. The Balaban J connectivity index is 2.16. The number of benzene rings is 2. The minimum Gasteiger partial charge on any atom is -0.496 e. The summed E-state index contributed by atoms with van der Waals surface area (Å²) in [7, 11) is 1.52. The molecule has 0 bridgehead atoms. The van der Waals surface area contributed by atoms with Crippen LogP contribution in [0.5, 0.6) is 5.75 Å². The number of para-hydroxylation sites is 2.